The minimum Gasteiger partial charge on any atom is -0.396 e. The fourth-order valence-electron chi connectivity index (χ4n) is 4.99. The Balaban J connectivity index is 2.14. The molecular formula is C26H34Cl2FN3O2. The largest absolute Gasteiger partial charge is 0.396 e. The molecule has 1 aliphatic rings. The Kier molecular flexibility index (Phi) is 8.31. The summed E-state index contributed by atoms with van der Waals surface area (Å²) in [6.45, 7) is 8.46. The number of hydrogen-bond donors (Lipinski definition) is 4. The molecule has 2 aromatic carbocycles. The molecule has 5 nitrogen and oxygen atoms in total. The summed E-state index contributed by atoms with van der Waals surface area (Å²) < 4.78 is 15.4. The lowest BCUT2D eigenvalue weighted by molar-refractivity contribution is -0.123. The van der Waals surface area contributed by atoms with Gasteiger partial charge >= 0.3 is 0 Å². The van der Waals surface area contributed by atoms with Crippen LogP contribution in [0.2, 0.25) is 10.0 Å². The van der Waals surface area contributed by atoms with E-state index in [0.717, 1.165) is 5.56 Å². The zero-order valence-electron chi connectivity index (χ0n) is 20.0. The van der Waals surface area contributed by atoms with Gasteiger partial charge in [0, 0.05) is 30.1 Å². The lowest BCUT2D eigenvalue weighted by atomic mass is 9.65. The van der Waals surface area contributed by atoms with Gasteiger partial charge in [-0.15, -0.1) is 0 Å². The second kappa shape index (κ2) is 10.5. The van der Waals surface area contributed by atoms with Crippen molar-refractivity contribution in [3.8, 4) is 0 Å². The van der Waals surface area contributed by atoms with Crippen molar-refractivity contribution in [2.45, 2.75) is 57.7 Å². The number of benzene rings is 2. The van der Waals surface area contributed by atoms with Crippen LogP contribution in [0.1, 0.15) is 51.2 Å². The van der Waals surface area contributed by atoms with Crippen LogP contribution in [-0.4, -0.2) is 36.2 Å². The summed E-state index contributed by atoms with van der Waals surface area (Å²) in [5.74, 6) is -1.54. The van der Waals surface area contributed by atoms with Gasteiger partial charge < -0.3 is 16.2 Å². The predicted molar refractivity (Wildman–Crippen MR) is 136 cm³/mol. The van der Waals surface area contributed by atoms with Gasteiger partial charge in [-0.05, 0) is 47.1 Å². The third kappa shape index (κ3) is 5.26. The number of nitrogens with one attached hydrogen (secondary N) is 2. The fraction of sp³-hybridized carbons (Fsp3) is 0.500. The number of hydrogen-bond acceptors (Lipinski definition) is 4. The van der Waals surface area contributed by atoms with Crippen LogP contribution in [0, 0.1) is 17.2 Å². The van der Waals surface area contributed by atoms with Crippen LogP contribution in [0.25, 0.3) is 0 Å². The van der Waals surface area contributed by atoms with E-state index in [0.29, 0.717) is 18.0 Å². The van der Waals surface area contributed by atoms with Crippen LogP contribution >= 0.6 is 23.2 Å². The van der Waals surface area contributed by atoms with Gasteiger partial charge in [-0.2, -0.15) is 0 Å². The second-order valence-corrected chi connectivity index (χ2v) is 11.2. The van der Waals surface area contributed by atoms with Crippen molar-refractivity contribution in [3.63, 3.8) is 0 Å². The van der Waals surface area contributed by atoms with Gasteiger partial charge in [0.1, 0.15) is 5.82 Å². The van der Waals surface area contributed by atoms with E-state index in [1.54, 1.807) is 24.3 Å². The molecule has 5 atom stereocenters. The molecule has 5 N–H and O–H groups in total. The minimum atomic E-state index is -1.14. The van der Waals surface area contributed by atoms with Crippen LogP contribution in [-0.2, 0) is 10.3 Å². The molecule has 34 heavy (non-hydrogen) atoms. The number of amides is 1. The molecule has 1 aliphatic heterocycles. The minimum absolute atomic E-state index is 0.0221. The van der Waals surface area contributed by atoms with Crippen molar-refractivity contribution in [2.24, 2.45) is 17.1 Å². The van der Waals surface area contributed by atoms with E-state index in [1.807, 2.05) is 39.8 Å². The third-order valence-electron chi connectivity index (χ3n) is 6.73. The maximum atomic E-state index is 15.4. The van der Waals surface area contributed by atoms with E-state index in [9.17, 15) is 9.90 Å². The number of nitrogens with two attached hydrogens (primary N) is 1. The molecule has 1 fully saturated rings. The van der Waals surface area contributed by atoms with Crippen molar-refractivity contribution < 1.29 is 14.3 Å². The van der Waals surface area contributed by atoms with E-state index in [4.69, 9.17) is 28.9 Å². The quantitative estimate of drug-likeness (QED) is 0.439. The number of rotatable bonds is 7. The van der Waals surface area contributed by atoms with Gasteiger partial charge in [-0.1, -0.05) is 75.2 Å². The topological polar surface area (TPSA) is 87.4 Å². The summed E-state index contributed by atoms with van der Waals surface area (Å²) in [4.78, 5) is 13.5. The third-order valence-corrected chi connectivity index (χ3v) is 7.27. The van der Waals surface area contributed by atoms with Crippen molar-refractivity contribution in [1.82, 2.24) is 10.6 Å². The summed E-state index contributed by atoms with van der Waals surface area (Å²) in [6.07, 6.45) is 0.624. The van der Waals surface area contributed by atoms with Crippen molar-refractivity contribution in [1.29, 1.82) is 0 Å². The number of carbonyl (C=O) groups excluding carboxylic acids is 1. The maximum absolute atomic E-state index is 15.4. The zero-order chi connectivity index (χ0) is 25.3. The number of aliphatic hydroxyl groups is 1. The van der Waals surface area contributed by atoms with Gasteiger partial charge in [0.2, 0.25) is 5.91 Å². The zero-order valence-corrected chi connectivity index (χ0v) is 21.6. The first-order valence-corrected chi connectivity index (χ1v) is 12.3. The Morgan fingerprint density at radius 1 is 1.24 bits per heavy atom. The van der Waals surface area contributed by atoms with Gasteiger partial charge in [-0.3, -0.25) is 10.1 Å². The number of carbonyl (C=O) groups is 1. The highest BCUT2D eigenvalue weighted by Crippen LogP contribution is 2.50. The second-order valence-electron chi connectivity index (χ2n) is 10.4. The van der Waals surface area contributed by atoms with Crippen LogP contribution in [0.3, 0.4) is 0 Å². The average Bonchev–Trinajstić information content (AvgIpc) is 3.10. The molecular weight excluding hydrogens is 476 g/mol. The van der Waals surface area contributed by atoms with E-state index >= 15 is 4.39 Å². The molecule has 0 unspecified atom stereocenters. The van der Waals surface area contributed by atoms with Crippen LogP contribution in [0.15, 0.2) is 42.5 Å². The van der Waals surface area contributed by atoms with E-state index in [-0.39, 0.29) is 40.5 Å². The van der Waals surface area contributed by atoms with E-state index in [1.165, 1.54) is 6.07 Å². The Bertz CT molecular complexity index is 1010. The van der Waals surface area contributed by atoms with Crippen molar-refractivity contribution in [2.75, 3.05) is 13.2 Å². The molecule has 1 heterocycles. The summed E-state index contributed by atoms with van der Waals surface area (Å²) in [5.41, 5.74) is 6.77. The highest BCUT2D eigenvalue weighted by Gasteiger charge is 2.59. The lowest BCUT2D eigenvalue weighted by Crippen LogP contribution is -2.56. The summed E-state index contributed by atoms with van der Waals surface area (Å²) in [5, 5.41) is 16.2. The Morgan fingerprint density at radius 3 is 2.47 bits per heavy atom. The molecule has 0 radical (unpaired) electrons. The number of aliphatic hydroxyl groups excluding tert-OH is 1. The molecule has 0 saturated carbocycles. The first-order valence-electron chi connectivity index (χ1n) is 11.5. The SMILES string of the molecule is C[C@@H](CO)CCNC(=O)[C@@H]1N[C@@H](C(C)(C)C)[C@](N)(c2ccc(Cl)cc2)[C@H]1c1cccc(Cl)c1F. The standard InChI is InChI=1S/C26H34Cl2FN3O2/c1-15(14-33)12-13-31-23(34)22-20(18-6-5-7-19(28)21(18)29)26(30,24(32-22)25(2,3)4)16-8-10-17(27)11-9-16/h5-11,15,20,22,24,32-33H,12-14,30H2,1-4H3,(H,31,34)/t15-,20+,22-,24+,26+/m1/s1. The molecule has 186 valence electrons. The van der Waals surface area contributed by atoms with Crippen LogP contribution < -0.4 is 16.4 Å². The first kappa shape index (κ1) is 26.9. The van der Waals surface area contributed by atoms with Crippen molar-refractivity contribution >= 4 is 29.1 Å². The van der Waals surface area contributed by atoms with Gasteiger partial charge in [0.15, 0.2) is 0 Å². The number of halogens is 3. The summed E-state index contributed by atoms with van der Waals surface area (Å²) >= 11 is 12.3. The average molecular weight is 510 g/mol. The highest BCUT2D eigenvalue weighted by atomic mass is 35.5. The Morgan fingerprint density at radius 2 is 1.88 bits per heavy atom. The Labute approximate surface area is 211 Å². The van der Waals surface area contributed by atoms with Gasteiger partial charge in [-0.25, -0.2) is 4.39 Å². The van der Waals surface area contributed by atoms with E-state index < -0.39 is 23.3 Å². The molecule has 2 aromatic rings. The van der Waals surface area contributed by atoms with Crippen LogP contribution in [0.4, 0.5) is 4.39 Å². The monoisotopic (exact) mass is 509 g/mol. The molecule has 0 aromatic heterocycles. The summed E-state index contributed by atoms with van der Waals surface area (Å²) in [6, 6.07) is 10.8. The molecule has 1 amide bonds. The lowest BCUT2D eigenvalue weighted by Gasteiger charge is -2.43. The maximum Gasteiger partial charge on any atom is 0.237 e. The molecule has 0 spiro atoms. The first-order chi connectivity index (χ1) is 15.9. The normalized spacial score (nSPS) is 25.9. The fourth-order valence-corrected chi connectivity index (χ4v) is 5.30. The molecule has 3 rings (SSSR count). The molecule has 8 heteroatoms. The molecule has 0 bridgehead atoms. The highest BCUT2D eigenvalue weighted by molar-refractivity contribution is 6.31. The predicted octanol–water partition coefficient (Wildman–Crippen LogP) is 4.59. The van der Waals surface area contributed by atoms with Gasteiger partial charge in [0.05, 0.1) is 16.6 Å². The molecule has 1 saturated heterocycles. The van der Waals surface area contributed by atoms with Crippen LogP contribution in [0.5, 0.6) is 0 Å². The Hall–Kier alpha value is -1.70. The molecule has 0 aliphatic carbocycles. The smallest absolute Gasteiger partial charge is 0.237 e. The summed E-state index contributed by atoms with van der Waals surface area (Å²) in [7, 11) is 0. The van der Waals surface area contributed by atoms with E-state index in [2.05, 4.69) is 10.6 Å². The van der Waals surface area contributed by atoms with Gasteiger partial charge in [0.25, 0.3) is 0 Å². The van der Waals surface area contributed by atoms with Crippen molar-refractivity contribution in [3.05, 3.63) is 69.5 Å².